The Morgan fingerprint density at radius 2 is 0.333 bits per heavy atom. The lowest BCUT2D eigenvalue weighted by Crippen LogP contribution is -2.10. The fraction of sp³-hybridized carbons (Fsp3) is 1.00. The third-order valence-electron chi connectivity index (χ3n) is 9.53. The Labute approximate surface area is 285 Å². The van der Waals surface area contributed by atoms with Crippen molar-refractivity contribution in [2.45, 2.75) is 232 Å². The van der Waals surface area contributed by atoms with E-state index >= 15 is 0 Å². The monoisotopic (exact) mass is 639 g/mol. The molecule has 0 rings (SSSR count). The molecule has 0 amide bonds. The van der Waals surface area contributed by atoms with Gasteiger partial charge in [0.05, 0.1) is 26.4 Å². The molecule has 0 spiro atoms. The van der Waals surface area contributed by atoms with Crippen molar-refractivity contribution in [1.82, 2.24) is 0 Å². The van der Waals surface area contributed by atoms with E-state index in [9.17, 15) is 0 Å². The zero-order chi connectivity index (χ0) is 32.4. The Morgan fingerprint density at radius 1 is 0.178 bits per heavy atom. The summed E-state index contributed by atoms with van der Waals surface area (Å²) in [5.41, 5.74) is 0. The van der Waals surface area contributed by atoms with Crippen LogP contribution < -0.4 is 0 Å². The quantitative estimate of drug-likeness (QED) is 0.0623. The average Bonchev–Trinajstić information content (AvgIpc) is 3.05. The molecular weight excluding hydrogens is 552 g/mol. The molecule has 3 heteroatoms. The lowest BCUT2D eigenvalue weighted by Gasteiger charge is -2.07. The summed E-state index contributed by atoms with van der Waals surface area (Å²) in [5.74, 6) is 0. The van der Waals surface area contributed by atoms with Crippen LogP contribution in [-0.2, 0) is 14.2 Å². The number of ether oxygens (including phenoxy) is 3. The van der Waals surface area contributed by atoms with Gasteiger partial charge in [0.25, 0.3) is 0 Å². The topological polar surface area (TPSA) is 27.7 Å². The number of hydrogen-bond donors (Lipinski definition) is 0. The molecule has 0 bridgehead atoms. The van der Waals surface area contributed by atoms with E-state index < -0.39 is 0 Å². The minimum atomic E-state index is 0.696. The molecule has 0 aromatic rings. The Hall–Kier alpha value is -0.120. The van der Waals surface area contributed by atoms with Crippen LogP contribution in [0.2, 0.25) is 0 Å². The highest BCUT2D eigenvalue weighted by Gasteiger charge is 1.98. The molecule has 3 nitrogen and oxygen atoms in total. The van der Waals surface area contributed by atoms with Gasteiger partial charge in [-0.3, -0.25) is 0 Å². The van der Waals surface area contributed by atoms with Gasteiger partial charge in [0.1, 0.15) is 0 Å². The first-order chi connectivity index (χ1) is 22.4. The first-order valence-electron chi connectivity index (χ1n) is 21.1. The van der Waals surface area contributed by atoms with Crippen molar-refractivity contribution < 1.29 is 14.2 Å². The molecule has 0 heterocycles. The minimum absolute atomic E-state index is 0.696. The van der Waals surface area contributed by atoms with Crippen molar-refractivity contribution in [2.24, 2.45) is 0 Å². The van der Waals surface area contributed by atoms with E-state index in [-0.39, 0.29) is 0 Å². The maximum Gasteiger partial charge on any atom is 0.0701 e. The van der Waals surface area contributed by atoms with Crippen molar-refractivity contribution in [3.8, 4) is 0 Å². The fourth-order valence-corrected chi connectivity index (χ4v) is 6.40. The molecule has 0 saturated carbocycles. The van der Waals surface area contributed by atoms with Gasteiger partial charge in [-0.2, -0.15) is 0 Å². The van der Waals surface area contributed by atoms with Gasteiger partial charge in [0.15, 0.2) is 0 Å². The molecule has 0 radical (unpaired) electrons. The van der Waals surface area contributed by atoms with Gasteiger partial charge in [-0.25, -0.2) is 0 Å². The van der Waals surface area contributed by atoms with Gasteiger partial charge in [0.2, 0.25) is 0 Å². The van der Waals surface area contributed by atoms with E-state index in [1.54, 1.807) is 0 Å². The molecule has 272 valence electrons. The van der Waals surface area contributed by atoms with Crippen molar-refractivity contribution in [3.63, 3.8) is 0 Å². The van der Waals surface area contributed by atoms with Gasteiger partial charge in [-0.15, -0.1) is 0 Å². The van der Waals surface area contributed by atoms with Crippen LogP contribution in [0.25, 0.3) is 0 Å². The summed E-state index contributed by atoms with van der Waals surface area (Å²) >= 11 is 0. The average molecular weight is 639 g/mol. The normalized spacial score (nSPS) is 11.6. The van der Waals surface area contributed by atoms with Crippen LogP contribution in [0, 0.1) is 0 Å². The van der Waals surface area contributed by atoms with Crippen LogP contribution in [0.15, 0.2) is 0 Å². The van der Waals surface area contributed by atoms with Crippen LogP contribution in [0.4, 0.5) is 0 Å². The molecule has 0 aliphatic heterocycles. The SMILES string of the molecule is CCCCCCCCCCCCCCCCCCCOCCOCCOCCCCCCCCCCCCCCCCCCC. The lowest BCUT2D eigenvalue weighted by molar-refractivity contribution is 0.0132. The van der Waals surface area contributed by atoms with E-state index in [2.05, 4.69) is 13.8 Å². The summed E-state index contributed by atoms with van der Waals surface area (Å²) in [6.45, 7) is 9.20. The number of unbranched alkanes of at least 4 members (excludes halogenated alkanes) is 32. The molecule has 0 aromatic carbocycles. The molecule has 0 unspecified atom stereocenters. The standard InChI is InChI=1S/C42H86O3/c1-3-5-7-9-11-13-15-17-19-21-23-25-27-29-31-33-35-37-43-39-41-45-42-40-44-38-36-34-32-30-28-26-24-22-20-18-16-14-12-10-8-6-4-2/h3-42H2,1-2H3. The van der Waals surface area contributed by atoms with Crippen molar-refractivity contribution >= 4 is 0 Å². The number of rotatable bonds is 42. The second-order valence-corrected chi connectivity index (χ2v) is 14.2. The van der Waals surface area contributed by atoms with E-state index in [0.29, 0.717) is 13.2 Å². The first-order valence-corrected chi connectivity index (χ1v) is 21.1. The van der Waals surface area contributed by atoms with Gasteiger partial charge in [-0.1, -0.05) is 219 Å². The predicted molar refractivity (Wildman–Crippen MR) is 201 cm³/mol. The molecule has 0 fully saturated rings. The van der Waals surface area contributed by atoms with Crippen molar-refractivity contribution in [2.75, 3.05) is 39.6 Å². The third kappa shape index (κ3) is 43.9. The molecule has 0 aromatic heterocycles. The first kappa shape index (κ1) is 44.9. The molecular formula is C42H86O3. The maximum absolute atomic E-state index is 5.74. The Balaban J connectivity index is 3.03. The zero-order valence-electron chi connectivity index (χ0n) is 31.5. The highest BCUT2D eigenvalue weighted by atomic mass is 16.5. The zero-order valence-corrected chi connectivity index (χ0v) is 31.5. The third-order valence-corrected chi connectivity index (χ3v) is 9.53. The predicted octanol–water partition coefficient (Wildman–Crippen LogP) is 14.3. The van der Waals surface area contributed by atoms with Crippen LogP contribution in [0.1, 0.15) is 232 Å². The Kier molecular flexibility index (Phi) is 43.8. The molecule has 0 N–H and O–H groups in total. The van der Waals surface area contributed by atoms with E-state index in [4.69, 9.17) is 14.2 Å². The Morgan fingerprint density at radius 3 is 0.533 bits per heavy atom. The summed E-state index contributed by atoms with van der Waals surface area (Å²) in [4.78, 5) is 0. The Bertz CT molecular complexity index is 441. The molecule has 45 heavy (non-hydrogen) atoms. The van der Waals surface area contributed by atoms with Gasteiger partial charge >= 0.3 is 0 Å². The van der Waals surface area contributed by atoms with Crippen LogP contribution in [0.5, 0.6) is 0 Å². The van der Waals surface area contributed by atoms with Gasteiger partial charge in [0, 0.05) is 13.2 Å². The summed E-state index contributed by atoms with van der Waals surface area (Å²) < 4.78 is 17.1. The van der Waals surface area contributed by atoms with E-state index in [1.165, 1.54) is 218 Å². The summed E-state index contributed by atoms with van der Waals surface area (Å²) in [5, 5.41) is 0. The fourth-order valence-electron chi connectivity index (χ4n) is 6.40. The van der Waals surface area contributed by atoms with Crippen molar-refractivity contribution in [3.05, 3.63) is 0 Å². The smallest absolute Gasteiger partial charge is 0.0701 e. The second kappa shape index (κ2) is 43.9. The summed E-state index contributed by atoms with van der Waals surface area (Å²) in [6.07, 6.45) is 48.2. The summed E-state index contributed by atoms with van der Waals surface area (Å²) in [6, 6.07) is 0. The van der Waals surface area contributed by atoms with Crippen LogP contribution in [-0.4, -0.2) is 39.6 Å². The van der Waals surface area contributed by atoms with Gasteiger partial charge in [-0.05, 0) is 12.8 Å². The second-order valence-electron chi connectivity index (χ2n) is 14.2. The highest BCUT2D eigenvalue weighted by molar-refractivity contribution is 4.52. The lowest BCUT2D eigenvalue weighted by atomic mass is 10.0. The van der Waals surface area contributed by atoms with Gasteiger partial charge < -0.3 is 14.2 Å². The highest BCUT2D eigenvalue weighted by Crippen LogP contribution is 2.15. The van der Waals surface area contributed by atoms with E-state index in [1.807, 2.05) is 0 Å². The number of hydrogen-bond acceptors (Lipinski definition) is 3. The van der Waals surface area contributed by atoms with Crippen LogP contribution >= 0.6 is 0 Å². The van der Waals surface area contributed by atoms with Crippen molar-refractivity contribution in [1.29, 1.82) is 0 Å². The molecule has 0 aliphatic rings. The minimum Gasteiger partial charge on any atom is -0.379 e. The molecule has 0 atom stereocenters. The maximum atomic E-state index is 5.74. The van der Waals surface area contributed by atoms with E-state index in [0.717, 1.165) is 26.4 Å². The molecule has 0 aliphatic carbocycles. The largest absolute Gasteiger partial charge is 0.379 e. The summed E-state index contributed by atoms with van der Waals surface area (Å²) in [7, 11) is 0. The van der Waals surface area contributed by atoms with Crippen LogP contribution in [0.3, 0.4) is 0 Å². The molecule has 0 saturated heterocycles.